The molecule has 0 radical (unpaired) electrons. The van der Waals surface area contributed by atoms with Crippen molar-refractivity contribution in [1.82, 2.24) is 19.7 Å². The normalized spacial score (nSPS) is 17.5. The van der Waals surface area contributed by atoms with E-state index in [4.69, 9.17) is 4.74 Å². The predicted octanol–water partition coefficient (Wildman–Crippen LogP) is 1.40. The van der Waals surface area contributed by atoms with E-state index in [0.29, 0.717) is 44.0 Å². The zero-order chi connectivity index (χ0) is 21.1. The minimum atomic E-state index is -3.66. The zero-order valence-corrected chi connectivity index (χ0v) is 18.3. The molecule has 0 unspecified atom stereocenters. The van der Waals surface area contributed by atoms with Gasteiger partial charge in [0.15, 0.2) is 5.82 Å². The number of nitrogens with one attached hydrogen (secondary N) is 1. The van der Waals surface area contributed by atoms with Crippen LogP contribution in [0.15, 0.2) is 23.1 Å². The first-order valence-electron chi connectivity index (χ1n) is 10.3. The molecule has 2 fully saturated rings. The summed E-state index contributed by atoms with van der Waals surface area (Å²) in [6, 6.07) is 5.11. The average Bonchev–Trinajstić information content (AvgIpc) is 3.30. The van der Waals surface area contributed by atoms with Crippen LogP contribution in [-0.2, 0) is 21.3 Å². The molecule has 0 spiro atoms. The number of nitrogens with zero attached hydrogens (tertiary/aromatic N) is 5. The Balaban J connectivity index is 1.57. The number of benzene rings is 1. The molecule has 162 valence electrons. The van der Waals surface area contributed by atoms with Gasteiger partial charge in [0.2, 0.25) is 21.9 Å². The number of sulfonamides is 1. The lowest BCUT2D eigenvalue weighted by molar-refractivity contribution is 0.122. The van der Waals surface area contributed by atoms with Crippen molar-refractivity contribution in [3.05, 3.63) is 35.2 Å². The molecular weight excluding hydrogens is 404 g/mol. The Kier molecular flexibility index (Phi) is 6.16. The van der Waals surface area contributed by atoms with Crippen molar-refractivity contribution in [2.24, 2.45) is 0 Å². The molecule has 2 saturated heterocycles. The molecule has 30 heavy (non-hydrogen) atoms. The molecule has 4 rings (SSSR count). The standard InChI is InChI=1S/C20H28N6O3S/c1-15-5-6-17(13-16(15)2)30(27,28)21-14-18-22-19(25-7-3-4-8-25)24-20(23-18)26-9-11-29-12-10-26/h5-6,13,21H,3-4,7-12,14H2,1-2H3. The number of anilines is 2. The maximum absolute atomic E-state index is 12.8. The van der Waals surface area contributed by atoms with Gasteiger partial charge in [-0.05, 0) is 49.9 Å². The summed E-state index contributed by atoms with van der Waals surface area (Å²) in [5.41, 5.74) is 1.99. The van der Waals surface area contributed by atoms with Crippen molar-refractivity contribution in [2.45, 2.75) is 38.1 Å². The van der Waals surface area contributed by atoms with Crippen molar-refractivity contribution in [3.63, 3.8) is 0 Å². The minimum absolute atomic E-state index is 0.00988. The van der Waals surface area contributed by atoms with Crippen LogP contribution in [0.25, 0.3) is 0 Å². The third-order valence-electron chi connectivity index (χ3n) is 5.55. The lowest BCUT2D eigenvalue weighted by atomic mass is 10.1. The highest BCUT2D eigenvalue weighted by Crippen LogP contribution is 2.20. The van der Waals surface area contributed by atoms with Gasteiger partial charge >= 0.3 is 0 Å². The fourth-order valence-electron chi connectivity index (χ4n) is 3.56. The second-order valence-corrected chi connectivity index (χ2v) is 9.48. The number of rotatable bonds is 6. The second-order valence-electron chi connectivity index (χ2n) is 7.72. The smallest absolute Gasteiger partial charge is 0.240 e. The summed E-state index contributed by atoms with van der Waals surface area (Å²) in [5.74, 6) is 1.61. The third kappa shape index (κ3) is 4.71. The first-order valence-corrected chi connectivity index (χ1v) is 11.8. The van der Waals surface area contributed by atoms with Gasteiger partial charge in [0.25, 0.3) is 0 Å². The van der Waals surface area contributed by atoms with E-state index in [1.807, 2.05) is 19.9 Å². The van der Waals surface area contributed by atoms with E-state index in [2.05, 4.69) is 29.5 Å². The second kappa shape index (κ2) is 8.83. The molecule has 1 N–H and O–H groups in total. The van der Waals surface area contributed by atoms with Gasteiger partial charge in [0.1, 0.15) is 0 Å². The fraction of sp³-hybridized carbons (Fsp3) is 0.550. The van der Waals surface area contributed by atoms with Gasteiger partial charge < -0.3 is 14.5 Å². The molecule has 1 aromatic carbocycles. The Morgan fingerprint density at radius 1 is 0.933 bits per heavy atom. The molecule has 2 aliphatic heterocycles. The fourth-order valence-corrected chi connectivity index (χ4v) is 4.63. The van der Waals surface area contributed by atoms with Crippen LogP contribution in [-0.4, -0.2) is 62.8 Å². The molecule has 0 atom stereocenters. The average molecular weight is 433 g/mol. The summed E-state index contributed by atoms with van der Waals surface area (Å²) in [5, 5.41) is 0. The van der Waals surface area contributed by atoms with E-state index in [1.54, 1.807) is 12.1 Å². The van der Waals surface area contributed by atoms with E-state index in [0.717, 1.165) is 37.1 Å². The molecule has 10 heteroatoms. The summed E-state index contributed by atoms with van der Waals surface area (Å²) in [7, 11) is -3.66. The number of aryl methyl sites for hydroxylation is 2. The van der Waals surface area contributed by atoms with Crippen LogP contribution in [0.4, 0.5) is 11.9 Å². The van der Waals surface area contributed by atoms with E-state index in [1.165, 1.54) is 0 Å². The van der Waals surface area contributed by atoms with Crippen LogP contribution in [0.3, 0.4) is 0 Å². The number of hydrogen-bond acceptors (Lipinski definition) is 8. The van der Waals surface area contributed by atoms with Crippen LogP contribution in [0.2, 0.25) is 0 Å². The Labute approximate surface area is 177 Å². The van der Waals surface area contributed by atoms with Crippen LogP contribution >= 0.6 is 0 Å². The van der Waals surface area contributed by atoms with Crippen molar-refractivity contribution < 1.29 is 13.2 Å². The maximum Gasteiger partial charge on any atom is 0.240 e. The molecule has 0 amide bonds. The van der Waals surface area contributed by atoms with Crippen LogP contribution < -0.4 is 14.5 Å². The van der Waals surface area contributed by atoms with Crippen LogP contribution in [0.1, 0.15) is 29.8 Å². The molecular formula is C20H28N6O3S. The summed E-state index contributed by atoms with van der Waals surface area (Å²) < 4.78 is 33.6. The van der Waals surface area contributed by atoms with Crippen molar-refractivity contribution >= 4 is 21.9 Å². The van der Waals surface area contributed by atoms with Crippen LogP contribution in [0.5, 0.6) is 0 Å². The molecule has 9 nitrogen and oxygen atoms in total. The van der Waals surface area contributed by atoms with Crippen LogP contribution in [0, 0.1) is 13.8 Å². The predicted molar refractivity (Wildman–Crippen MR) is 114 cm³/mol. The Morgan fingerprint density at radius 2 is 1.57 bits per heavy atom. The summed E-state index contributed by atoms with van der Waals surface area (Å²) in [6.45, 7) is 8.33. The molecule has 2 aliphatic rings. The number of aromatic nitrogens is 3. The lowest BCUT2D eigenvalue weighted by Crippen LogP contribution is -2.38. The molecule has 3 heterocycles. The quantitative estimate of drug-likeness (QED) is 0.731. The first kappa shape index (κ1) is 21.0. The number of morpholine rings is 1. The highest BCUT2D eigenvalue weighted by Gasteiger charge is 2.22. The third-order valence-corrected chi connectivity index (χ3v) is 6.95. The van der Waals surface area contributed by atoms with Crippen molar-refractivity contribution in [3.8, 4) is 0 Å². The van der Waals surface area contributed by atoms with Gasteiger partial charge in [-0.15, -0.1) is 0 Å². The highest BCUT2D eigenvalue weighted by atomic mass is 32.2. The highest BCUT2D eigenvalue weighted by molar-refractivity contribution is 7.89. The largest absolute Gasteiger partial charge is 0.378 e. The molecule has 2 aromatic rings. The van der Waals surface area contributed by atoms with Crippen molar-refractivity contribution in [2.75, 3.05) is 49.2 Å². The Bertz CT molecular complexity index is 1000. The maximum atomic E-state index is 12.8. The lowest BCUT2D eigenvalue weighted by Gasteiger charge is -2.28. The van der Waals surface area contributed by atoms with Gasteiger partial charge in [-0.25, -0.2) is 13.1 Å². The number of hydrogen-bond donors (Lipinski definition) is 1. The molecule has 0 saturated carbocycles. The SMILES string of the molecule is Cc1ccc(S(=O)(=O)NCc2nc(N3CCCC3)nc(N3CCOCC3)n2)cc1C. The van der Waals surface area contributed by atoms with Gasteiger partial charge in [0, 0.05) is 26.2 Å². The van der Waals surface area contributed by atoms with E-state index in [-0.39, 0.29) is 11.4 Å². The minimum Gasteiger partial charge on any atom is -0.378 e. The summed E-state index contributed by atoms with van der Waals surface area (Å²) in [6.07, 6.45) is 2.21. The van der Waals surface area contributed by atoms with E-state index in [9.17, 15) is 8.42 Å². The van der Waals surface area contributed by atoms with E-state index >= 15 is 0 Å². The number of ether oxygens (including phenoxy) is 1. The van der Waals surface area contributed by atoms with E-state index < -0.39 is 10.0 Å². The summed E-state index contributed by atoms with van der Waals surface area (Å²) in [4.78, 5) is 18.2. The summed E-state index contributed by atoms with van der Waals surface area (Å²) >= 11 is 0. The topological polar surface area (TPSA) is 101 Å². The van der Waals surface area contributed by atoms with Gasteiger partial charge in [-0.2, -0.15) is 15.0 Å². The zero-order valence-electron chi connectivity index (χ0n) is 17.5. The Morgan fingerprint density at radius 3 is 2.20 bits per heavy atom. The molecule has 0 bridgehead atoms. The Hall–Kier alpha value is -2.30. The molecule has 1 aromatic heterocycles. The van der Waals surface area contributed by atoms with Gasteiger partial charge in [0.05, 0.1) is 24.7 Å². The van der Waals surface area contributed by atoms with Gasteiger partial charge in [-0.1, -0.05) is 6.07 Å². The van der Waals surface area contributed by atoms with Crippen molar-refractivity contribution in [1.29, 1.82) is 0 Å². The first-order chi connectivity index (χ1) is 14.4. The monoisotopic (exact) mass is 432 g/mol. The molecule has 0 aliphatic carbocycles. The van der Waals surface area contributed by atoms with Gasteiger partial charge in [-0.3, -0.25) is 0 Å².